The summed E-state index contributed by atoms with van der Waals surface area (Å²) in [5.74, 6) is 1.44. The van der Waals surface area contributed by atoms with Crippen LogP contribution in [0.25, 0.3) is 0 Å². The van der Waals surface area contributed by atoms with Crippen molar-refractivity contribution in [3.8, 4) is 0 Å². The topological polar surface area (TPSA) is 53.1 Å². The van der Waals surface area contributed by atoms with E-state index in [0.717, 1.165) is 24.6 Å². The van der Waals surface area contributed by atoms with Gasteiger partial charge >= 0.3 is 0 Å². The van der Waals surface area contributed by atoms with Gasteiger partial charge in [0.25, 0.3) is 0 Å². The van der Waals surface area contributed by atoms with E-state index in [2.05, 4.69) is 51.5 Å². The van der Waals surface area contributed by atoms with Crippen molar-refractivity contribution >= 4 is 17.5 Å². The molecule has 2 aromatic rings. The smallest absolute Gasteiger partial charge is 0.229 e. The predicted octanol–water partition coefficient (Wildman–Crippen LogP) is 2.81. The first-order valence-corrected chi connectivity index (χ1v) is 7.10. The molecule has 0 saturated heterocycles. The van der Waals surface area contributed by atoms with Gasteiger partial charge in [-0.1, -0.05) is 6.07 Å². The third-order valence-corrected chi connectivity index (χ3v) is 3.28. The Kier molecular flexibility index (Phi) is 5.11. The molecule has 0 bridgehead atoms. The second-order valence-corrected chi connectivity index (χ2v) is 5.42. The molecule has 0 spiro atoms. The summed E-state index contributed by atoms with van der Waals surface area (Å²) in [6.45, 7) is 6.02. The molecule has 0 aliphatic carbocycles. The summed E-state index contributed by atoms with van der Waals surface area (Å²) in [4.78, 5) is 10.8. The minimum absolute atomic E-state index is 0.605. The second-order valence-electron chi connectivity index (χ2n) is 5.42. The van der Waals surface area contributed by atoms with Crippen molar-refractivity contribution in [3.05, 3.63) is 41.6 Å². The molecule has 0 radical (unpaired) electrons. The zero-order chi connectivity index (χ0) is 15.2. The minimum atomic E-state index is 0.605. The molecule has 0 saturated carbocycles. The lowest BCUT2D eigenvalue weighted by Gasteiger charge is -2.12. The first-order valence-electron chi connectivity index (χ1n) is 7.10. The normalized spacial score (nSPS) is 10.7. The molecule has 112 valence electrons. The van der Waals surface area contributed by atoms with E-state index in [-0.39, 0.29) is 0 Å². The van der Waals surface area contributed by atoms with Crippen LogP contribution in [0.3, 0.4) is 0 Å². The molecule has 2 N–H and O–H groups in total. The molecule has 0 aliphatic rings. The van der Waals surface area contributed by atoms with E-state index in [1.807, 2.05) is 26.2 Å². The van der Waals surface area contributed by atoms with Crippen molar-refractivity contribution < 1.29 is 0 Å². The second kappa shape index (κ2) is 7.04. The highest BCUT2D eigenvalue weighted by atomic mass is 15.1. The first kappa shape index (κ1) is 15.3. The molecule has 0 aliphatic heterocycles. The predicted molar refractivity (Wildman–Crippen MR) is 88.3 cm³/mol. The largest absolute Gasteiger partial charge is 0.369 e. The van der Waals surface area contributed by atoms with Crippen molar-refractivity contribution in [2.24, 2.45) is 0 Å². The molecule has 1 aromatic carbocycles. The van der Waals surface area contributed by atoms with Gasteiger partial charge < -0.3 is 15.5 Å². The van der Waals surface area contributed by atoms with Crippen molar-refractivity contribution in [2.75, 3.05) is 37.8 Å². The molecule has 0 atom stereocenters. The Morgan fingerprint density at radius 1 is 1.10 bits per heavy atom. The summed E-state index contributed by atoms with van der Waals surface area (Å²) >= 11 is 0. The standard InChI is InChI=1S/C16H23N5/c1-12-5-6-14(11-13(12)2)19-16-18-8-7-15(20-16)17-9-10-21(3)4/h5-8,11H,9-10H2,1-4H3,(H2,17,18,19,20). The number of anilines is 3. The number of nitrogens with one attached hydrogen (secondary N) is 2. The molecule has 0 unspecified atom stereocenters. The van der Waals surface area contributed by atoms with Crippen molar-refractivity contribution in [1.29, 1.82) is 0 Å². The van der Waals surface area contributed by atoms with Gasteiger partial charge in [-0.2, -0.15) is 4.98 Å². The Labute approximate surface area is 126 Å². The van der Waals surface area contributed by atoms with Crippen LogP contribution >= 0.6 is 0 Å². The zero-order valence-corrected chi connectivity index (χ0v) is 13.1. The molecule has 0 fully saturated rings. The third kappa shape index (κ3) is 4.72. The number of nitrogens with zero attached hydrogens (tertiary/aromatic N) is 3. The lowest BCUT2D eigenvalue weighted by molar-refractivity contribution is 0.425. The van der Waals surface area contributed by atoms with Crippen LogP contribution in [0.2, 0.25) is 0 Å². The van der Waals surface area contributed by atoms with Crippen LogP contribution in [0.15, 0.2) is 30.5 Å². The fourth-order valence-corrected chi connectivity index (χ4v) is 1.87. The number of benzene rings is 1. The highest BCUT2D eigenvalue weighted by Gasteiger charge is 2.01. The number of rotatable bonds is 6. The summed E-state index contributed by atoms with van der Waals surface area (Å²) in [5, 5.41) is 6.53. The van der Waals surface area contributed by atoms with Crippen molar-refractivity contribution in [3.63, 3.8) is 0 Å². The van der Waals surface area contributed by atoms with Crippen LogP contribution in [0.4, 0.5) is 17.5 Å². The molecule has 2 rings (SSSR count). The van der Waals surface area contributed by atoms with Crippen LogP contribution in [-0.2, 0) is 0 Å². The SMILES string of the molecule is Cc1ccc(Nc2nccc(NCCN(C)C)n2)cc1C. The van der Waals surface area contributed by atoms with Crippen molar-refractivity contribution in [2.45, 2.75) is 13.8 Å². The summed E-state index contributed by atoms with van der Waals surface area (Å²) in [5.41, 5.74) is 3.53. The minimum Gasteiger partial charge on any atom is -0.369 e. The Morgan fingerprint density at radius 2 is 1.90 bits per heavy atom. The van der Waals surface area contributed by atoms with Gasteiger partial charge in [0, 0.05) is 25.0 Å². The quantitative estimate of drug-likeness (QED) is 0.855. The average Bonchev–Trinajstić information content (AvgIpc) is 2.43. The summed E-state index contributed by atoms with van der Waals surface area (Å²) in [6, 6.07) is 8.11. The molecule has 1 aromatic heterocycles. The van der Waals surface area contributed by atoms with E-state index >= 15 is 0 Å². The van der Waals surface area contributed by atoms with E-state index in [1.165, 1.54) is 11.1 Å². The first-order chi connectivity index (χ1) is 10.0. The fraction of sp³-hybridized carbons (Fsp3) is 0.375. The van der Waals surface area contributed by atoms with Crippen LogP contribution < -0.4 is 10.6 Å². The lowest BCUT2D eigenvalue weighted by Crippen LogP contribution is -2.21. The number of hydrogen-bond donors (Lipinski definition) is 2. The maximum atomic E-state index is 4.47. The molecule has 1 heterocycles. The Hall–Kier alpha value is -2.14. The van der Waals surface area contributed by atoms with E-state index in [1.54, 1.807) is 6.20 Å². The maximum Gasteiger partial charge on any atom is 0.229 e. The molecular weight excluding hydrogens is 262 g/mol. The van der Waals surface area contributed by atoms with E-state index in [0.29, 0.717) is 5.95 Å². The number of hydrogen-bond acceptors (Lipinski definition) is 5. The van der Waals surface area contributed by atoms with Gasteiger partial charge in [0.15, 0.2) is 0 Å². The fourth-order valence-electron chi connectivity index (χ4n) is 1.87. The Bertz CT molecular complexity index is 595. The van der Waals surface area contributed by atoms with E-state index in [4.69, 9.17) is 0 Å². The van der Waals surface area contributed by atoms with Crippen molar-refractivity contribution in [1.82, 2.24) is 14.9 Å². The molecule has 5 nitrogen and oxygen atoms in total. The molecule has 21 heavy (non-hydrogen) atoms. The highest BCUT2D eigenvalue weighted by molar-refractivity contribution is 5.56. The number of aryl methyl sites for hydroxylation is 2. The van der Waals surface area contributed by atoms with Crippen LogP contribution in [0, 0.1) is 13.8 Å². The van der Waals surface area contributed by atoms with Crippen LogP contribution in [-0.4, -0.2) is 42.1 Å². The highest BCUT2D eigenvalue weighted by Crippen LogP contribution is 2.17. The number of likely N-dealkylation sites (N-methyl/N-ethyl adjacent to an activating group) is 1. The monoisotopic (exact) mass is 285 g/mol. The van der Waals surface area contributed by atoms with Gasteiger partial charge in [0.2, 0.25) is 5.95 Å². The summed E-state index contributed by atoms with van der Waals surface area (Å²) in [6.07, 6.45) is 1.76. The average molecular weight is 285 g/mol. The van der Waals surface area contributed by atoms with E-state index < -0.39 is 0 Å². The van der Waals surface area contributed by atoms with Gasteiger partial charge in [-0.25, -0.2) is 4.98 Å². The van der Waals surface area contributed by atoms with E-state index in [9.17, 15) is 0 Å². The number of aromatic nitrogens is 2. The zero-order valence-electron chi connectivity index (χ0n) is 13.1. The maximum absolute atomic E-state index is 4.47. The Morgan fingerprint density at radius 3 is 2.62 bits per heavy atom. The molecule has 0 amide bonds. The van der Waals surface area contributed by atoms with Gasteiger partial charge in [-0.15, -0.1) is 0 Å². The van der Waals surface area contributed by atoms with Gasteiger partial charge in [0.1, 0.15) is 5.82 Å². The molecular formula is C16H23N5. The third-order valence-electron chi connectivity index (χ3n) is 3.28. The van der Waals surface area contributed by atoms with Gasteiger partial charge in [-0.05, 0) is 57.3 Å². The lowest BCUT2D eigenvalue weighted by atomic mass is 10.1. The summed E-state index contributed by atoms with van der Waals surface area (Å²) < 4.78 is 0. The van der Waals surface area contributed by atoms with Gasteiger partial charge in [-0.3, -0.25) is 0 Å². The summed E-state index contributed by atoms with van der Waals surface area (Å²) in [7, 11) is 4.10. The Balaban J connectivity index is 2.01. The molecule has 5 heteroatoms. The van der Waals surface area contributed by atoms with Gasteiger partial charge in [0.05, 0.1) is 0 Å². The van der Waals surface area contributed by atoms with Crippen LogP contribution in [0.5, 0.6) is 0 Å². The van der Waals surface area contributed by atoms with Crippen LogP contribution in [0.1, 0.15) is 11.1 Å².